The van der Waals surface area contributed by atoms with Crippen LogP contribution in [-0.4, -0.2) is 61.2 Å². The first-order valence-electron chi connectivity index (χ1n) is 8.93. The van der Waals surface area contributed by atoms with Gasteiger partial charge >= 0.3 is 0 Å². The van der Waals surface area contributed by atoms with Crippen molar-refractivity contribution in [3.05, 3.63) is 0 Å². The number of hydrogen-bond acceptors (Lipinski definition) is 3. The average Bonchev–Trinajstić information content (AvgIpc) is 2.48. The van der Waals surface area contributed by atoms with Gasteiger partial charge in [0.15, 0.2) is 0 Å². The predicted octanol–water partition coefficient (Wildman–Crippen LogP) is 2.57. The van der Waals surface area contributed by atoms with Crippen molar-refractivity contribution in [2.24, 2.45) is 5.92 Å². The van der Waals surface area contributed by atoms with E-state index in [0.29, 0.717) is 6.04 Å². The zero-order valence-corrected chi connectivity index (χ0v) is 13.9. The van der Waals surface area contributed by atoms with Gasteiger partial charge in [0.2, 0.25) is 0 Å². The fraction of sp³-hybridized carbons (Fsp3) is 1.00. The molecule has 2 aliphatic heterocycles. The van der Waals surface area contributed by atoms with E-state index < -0.39 is 0 Å². The summed E-state index contributed by atoms with van der Waals surface area (Å²) < 4.78 is 0. The molecule has 2 heterocycles. The summed E-state index contributed by atoms with van der Waals surface area (Å²) in [4.78, 5) is 5.27. The van der Waals surface area contributed by atoms with Gasteiger partial charge in [-0.15, -0.1) is 0 Å². The highest BCUT2D eigenvalue weighted by Crippen LogP contribution is 2.21. The van der Waals surface area contributed by atoms with Crippen molar-refractivity contribution in [1.29, 1.82) is 0 Å². The molecule has 0 radical (unpaired) electrons. The van der Waals surface area contributed by atoms with Crippen LogP contribution in [0, 0.1) is 5.92 Å². The molecule has 2 fully saturated rings. The molecular formula is C17H35N3. The van der Waals surface area contributed by atoms with E-state index in [0.717, 1.165) is 12.0 Å². The van der Waals surface area contributed by atoms with Crippen molar-refractivity contribution >= 4 is 0 Å². The summed E-state index contributed by atoms with van der Waals surface area (Å²) in [6, 6.07) is 1.40. The van der Waals surface area contributed by atoms with Crippen LogP contribution in [0.3, 0.4) is 0 Å². The van der Waals surface area contributed by atoms with Crippen LogP contribution in [0.5, 0.6) is 0 Å². The highest BCUT2D eigenvalue weighted by molar-refractivity contribution is 4.85. The summed E-state index contributed by atoms with van der Waals surface area (Å²) in [7, 11) is 0. The van der Waals surface area contributed by atoms with Gasteiger partial charge in [-0.25, -0.2) is 0 Å². The maximum atomic E-state index is 3.95. The molecule has 1 N–H and O–H groups in total. The Kier molecular flexibility index (Phi) is 6.79. The van der Waals surface area contributed by atoms with Gasteiger partial charge in [-0.3, -0.25) is 0 Å². The van der Waals surface area contributed by atoms with E-state index in [2.05, 4.69) is 35.9 Å². The fourth-order valence-electron chi connectivity index (χ4n) is 4.01. The lowest BCUT2D eigenvalue weighted by Crippen LogP contribution is -2.52. The second-order valence-corrected chi connectivity index (χ2v) is 6.89. The molecule has 0 saturated carbocycles. The lowest BCUT2D eigenvalue weighted by Gasteiger charge is -2.39. The lowest BCUT2D eigenvalue weighted by molar-refractivity contribution is 0.131. The van der Waals surface area contributed by atoms with Crippen molar-refractivity contribution in [3.8, 4) is 0 Å². The normalized spacial score (nSPS) is 31.4. The Labute approximate surface area is 126 Å². The molecule has 0 aliphatic carbocycles. The average molecular weight is 281 g/mol. The Morgan fingerprint density at radius 2 is 1.80 bits per heavy atom. The van der Waals surface area contributed by atoms with Crippen LogP contribution < -0.4 is 5.32 Å². The van der Waals surface area contributed by atoms with E-state index in [1.54, 1.807) is 0 Å². The molecule has 2 aliphatic rings. The van der Waals surface area contributed by atoms with Gasteiger partial charge in [0.25, 0.3) is 0 Å². The van der Waals surface area contributed by atoms with E-state index in [1.807, 2.05) is 0 Å². The van der Waals surface area contributed by atoms with Gasteiger partial charge in [-0.1, -0.05) is 13.8 Å². The summed E-state index contributed by atoms with van der Waals surface area (Å²) in [6.45, 7) is 14.7. The van der Waals surface area contributed by atoms with Crippen molar-refractivity contribution in [2.75, 3.05) is 39.3 Å². The zero-order valence-electron chi connectivity index (χ0n) is 13.9. The smallest absolute Gasteiger partial charge is 0.0198 e. The molecule has 0 spiro atoms. The minimum atomic E-state index is 0.677. The minimum Gasteiger partial charge on any atom is -0.310 e. The molecule has 3 nitrogen and oxygen atoms in total. The first-order valence-corrected chi connectivity index (χ1v) is 8.93. The van der Waals surface area contributed by atoms with Crippen molar-refractivity contribution in [1.82, 2.24) is 15.1 Å². The molecule has 2 rings (SSSR count). The number of nitrogens with zero attached hydrogens (tertiary/aromatic N) is 2. The SMILES string of the molecule is CCCN1CCCC(C(C)NC2CCCN(CC)C2)C1. The summed E-state index contributed by atoms with van der Waals surface area (Å²) in [5, 5.41) is 3.95. The summed E-state index contributed by atoms with van der Waals surface area (Å²) in [5.41, 5.74) is 0. The first kappa shape index (κ1) is 16.3. The topological polar surface area (TPSA) is 18.5 Å². The van der Waals surface area contributed by atoms with Crippen molar-refractivity contribution < 1.29 is 0 Å². The van der Waals surface area contributed by atoms with Gasteiger partial charge < -0.3 is 15.1 Å². The molecule has 3 heteroatoms. The Morgan fingerprint density at radius 3 is 2.55 bits per heavy atom. The molecule has 0 aromatic carbocycles. The Morgan fingerprint density at radius 1 is 1.05 bits per heavy atom. The van der Waals surface area contributed by atoms with Crippen LogP contribution in [0.2, 0.25) is 0 Å². The third-order valence-corrected chi connectivity index (χ3v) is 5.24. The number of likely N-dealkylation sites (N-methyl/N-ethyl adjacent to an activating group) is 1. The highest BCUT2D eigenvalue weighted by Gasteiger charge is 2.27. The first-order chi connectivity index (χ1) is 9.72. The van der Waals surface area contributed by atoms with E-state index in [9.17, 15) is 0 Å². The van der Waals surface area contributed by atoms with Gasteiger partial charge in [-0.2, -0.15) is 0 Å². The van der Waals surface area contributed by atoms with Gasteiger partial charge in [0, 0.05) is 25.2 Å². The highest BCUT2D eigenvalue weighted by atomic mass is 15.2. The standard InChI is InChI=1S/C17H35N3/c1-4-10-20-12-6-8-16(13-20)15(3)18-17-9-7-11-19(5-2)14-17/h15-18H,4-14H2,1-3H3. The fourth-order valence-corrected chi connectivity index (χ4v) is 4.01. The summed E-state index contributed by atoms with van der Waals surface area (Å²) in [5.74, 6) is 0.854. The maximum Gasteiger partial charge on any atom is 0.0198 e. The van der Waals surface area contributed by atoms with E-state index >= 15 is 0 Å². The third kappa shape index (κ3) is 4.71. The molecule has 0 bridgehead atoms. The molecular weight excluding hydrogens is 246 g/mol. The molecule has 0 amide bonds. The van der Waals surface area contributed by atoms with Crippen LogP contribution in [-0.2, 0) is 0 Å². The molecule has 2 saturated heterocycles. The monoisotopic (exact) mass is 281 g/mol. The second kappa shape index (κ2) is 8.35. The lowest BCUT2D eigenvalue weighted by atomic mass is 9.90. The van der Waals surface area contributed by atoms with Gasteiger partial charge in [0.05, 0.1) is 0 Å². The number of hydrogen-bond donors (Lipinski definition) is 1. The van der Waals surface area contributed by atoms with Crippen LogP contribution >= 0.6 is 0 Å². The van der Waals surface area contributed by atoms with E-state index in [-0.39, 0.29) is 0 Å². The van der Waals surface area contributed by atoms with Crippen LogP contribution in [0.25, 0.3) is 0 Å². The summed E-state index contributed by atoms with van der Waals surface area (Å²) in [6.07, 6.45) is 6.83. The van der Waals surface area contributed by atoms with Crippen molar-refractivity contribution in [2.45, 2.75) is 65.0 Å². The quantitative estimate of drug-likeness (QED) is 0.807. The van der Waals surface area contributed by atoms with E-state index in [4.69, 9.17) is 0 Å². The van der Waals surface area contributed by atoms with Gasteiger partial charge in [-0.05, 0) is 71.1 Å². The number of likely N-dealkylation sites (tertiary alicyclic amines) is 2. The summed E-state index contributed by atoms with van der Waals surface area (Å²) >= 11 is 0. The Bertz CT molecular complexity index is 267. The maximum absolute atomic E-state index is 3.95. The predicted molar refractivity (Wildman–Crippen MR) is 87.2 cm³/mol. The molecule has 3 atom stereocenters. The van der Waals surface area contributed by atoms with Crippen molar-refractivity contribution in [3.63, 3.8) is 0 Å². The Hall–Kier alpha value is -0.120. The largest absolute Gasteiger partial charge is 0.310 e. The van der Waals surface area contributed by atoms with Crippen LogP contribution in [0.15, 0.2) is 0 Å². The van der Waals surface area contributed by atoms with Gasteiger partial charge in [0.1, 0.15) is 0 Å². The zero-order chi connectivity index (χ0) is 14.4. The minimum absolute atomic E-state index is 0.677. The number of rotatable bonds is 6. The van der Waals surface area contributed by atoms with Crippen LogP contribution in [0.4, 0.5) is 0 Å². The van der Waals surface area contributed by atoms with E-state index in [1.165, 1.54) is 71.4 Å². The number of piperidine rings is 2. The molecule has 118 valence electrons. The molecule has 3 unspecified atom stereocenters. The second-order valence-electron chi connectivity index (χ2n) is 6.89. The molecule has 0 aromatic rings. The Balaban J connectivity index is 1.77. The third-order valence-electron chi connectivity index (χ3n) is 5.24. The molecule has 20 heavy (non-hydrogen) atoms. The van der Waals surface area contributed by atoms with Crippen LogP contribution in [0.1, 0.15) is 52.9 Å². The number of nitrogens with one attached hydrogen (secondary N) is 1. The molecule has 0 aromatic heterocycles.